The van der Waals surface area contributed by atoms with Crippen LogP contribution in [0.2, 0.25) is 0 Å². The molecule has 0 fully saturated rings. The predicted octanol–water partition coefficient (Wildman–Crippen LogP) is 2.25. The molecule has 2 aromatic rings. The molecule has 0 bridgehead atoms. The largest absolute Gasteiger partial charge is 0.507 e. The number of rotatable bonds is 1. The summed E-state index contributed by atoms with van der Waals surface area (Å²) in [6, 6.07) is 5.78. The SMILES string of the molecule is Cl.Cl.Nc1ccc2cc(C(=O)O)cc(O)c2c1N. The van der Waals surface area contributed by atoms with E-state index in [0.717, 1.165) is 6.07 Å². The van der Waals surface area contributed by atoms with Crippen LogP contribution in [0.5, 0.6) is 5.75 Å². The molecule has 0 amide bonds. The van der Waals surface area contributed by atoms with Crippen LogP contribution in [0.25, 0.3) is 10.8 Å². The molecule has 0 saturated carbocycles. The Bertz CT molecular complexity index is 602. The van der Waals surface area contributed by atoms with Gasteiger partial charge in [0, 0.05) is 5.39 Å². The third kappa shape index (κ3) is 2.52. The van der Waals surface area contributed by atoms with E-state index in [1.54, 1.807) is 12.1 Å². The van der Waals surface area contributed by atoms with Gasteiger partial charge in [-0.3, -0.25) is 0 Å². The minimum absolute atomic E-state index is 0. The van der Waals surface area contributed by atoms with E-state index in [4.69, 9.17) is 16.6 Å². The van der Waals surface area contributed by atoms with Gasteiger partial charge < -0.3 is 21.7 Å². The van der Waals surface area contributed by atoms with E-state index in [1.807, 2.05) is 0 Å². The van der Waals surface area contributed by atoms with Gasteiger partial charge in [0.1, 0.15) is 5.75 Å². The predicted molar refractivity (Wildman–Crippen MR) is 75.9 cm³/mol. The van der Waals surface area contributed by atoms with Gasteiger partial charge in [-0.1, -0.05) is 6.07 Å². The van der Waals surface area contributed by atoms with E-state index in [9.17, 15) is 9.90 Å². The van der Waals surface area contributed by atoms with E-state index < -0.39 is 5.97 Å². The van der Waals surface area contributed by atoms with Gasteiger partial charge >= 0.3 is 5.97 Å². The fraction of sp³-hybridized carbons (Fsp3) is 0. The molecule has 6 N–H and O–H groups in total. The number of nitrogen functional groups attached to an aromatic ring is 2. The van der Waals surface area contributed by atoms with Crippen LogP contribution in [-0.4, -0.2) is 16.2 Å². The minimum atomic E-state index is -1.10. The minimum Gasteiger partial charge on any atom is -0.507 e. The van der Waals surface area contributed by atoms with Gasteiger partial charge in [0.15, 0.2) is 0 Å². The van der Waals surface area contributed by atoms with Crippen molar-refractivity contribution in [2.24, 2.45) is 0 Å². The lowest BCUT2D eigenvalue weighted by molar-refractivity contribution is 0.0696. The van der Waals surface area contributed by atoms with Crippen LogP contribution in [0.4, 0.5) is 11.4 Å². The van der Waals surface area contributed by atoms with E-state index >= 15 is 0 Å². The maximum Gasteiger partial charge on any atom is 0.335 e. The molecule has 0 radical (unpaired) electrons. The van der Waals surface area contributed by atoms with Gasteiger partial charge in [-0.25, -0.2) is 4.79 Å². The van der Waals surface area contributed by atoms with E-state index in [-0.39, 0.29) is 41.8 Å². The standard InChI is InChI=1S/C11H10N2O3.2ClH/c12-7-2-1-5-3-6(11(15)16)4-8(14)9(5)10(7)13;;/h1-4,14H,12-13H2,(H,15,16);2*1H. The lowest BCUT2D eigenvalue weighted by atomic mass is 10.0. The number of aromatic carboxylic acids is 1. The van der Waals surface area contributed by atoms with Crippen molar-refractivity contribution >= 4 is 52.9 Å². The average Bonchev–Trinajstić information content (AvgIpc) is 2.22. The number of hydrogen-bond donors (Lipinski definition) is 4. The second-order valence-electron chi connectivity index (χ2n) is 3.47. The van der Waals surface area contributed by atoms with Crippen molar-refractivity contribution in [3.63, 3.8) is 0 Å². The van der Waals surface area contributed by atoms with Crippen LogP contribution in [0.1, 0.15) is 10.4 Å². The number of carboxylic acids is 1. The van der Waals surface area contributed by atoms with Crippen molar-refractivity contribution in [3.8, 4) is 5.75 Å². The molecular formula is C11H12Cl2N2O3. The number of anilines is 2. The maximum absolute atomic E-state index is 10.8. The fourth-order valence-corrected chi connectivity index (χ4v) is 1.61. The lowest BCUT2D eigenvalue weighted by Crippen LogP contribution is -1.99. The van der Waals surface area contributed by atoms with Crippen LogP contribution >= 0.6 is 24.8 Å². The molecule has 0 spiro atoms. The zero-order chi connectivity index (χ0) is 11.9. The van der Waals surface area contributed by atoms with Crippen LogP contribution in [0.3, 0.4) is 0 Å². The number of carboxylic acid groups (broad SMARTS) is 1. The summed E-state index contributed by atoms with van der Waals surface area (Å²) in [7, 11) is 0. The molecule has 0 aromatic heterocycles. The van der Waals surface area contributed by atoms with Crippen molar-refractivity contribution in [1.82, 2.24) is 0 Å². The van der Waals surface area contributed by atoms with Gasteiger partial charge in [0.2, 0.25) is 0 Å². The summed E-state index contributed by atoms with van der Waals surface area (Å²) in [5, 5.41) is 19.5. The second kappa shape index (κ2) is 5.66. The molecule has 0 saturated heterocycles. The number of halogens is 2. The normalized spacial score (nSPS) is 9.33. The molecule has 2 aromatic carbocycles. The first kappa shape index (κ1) is 16.1. The summed E-state index contributed by atoms with van der Waals surface area (Å²) in [4.78, 5) is 10.8. The zero-order valence-electron chi connectivity index (χ0n) is 9.08. The summed E-state index contributed by atoms with van der Waals surface area (Å²) in [6.45, 7) is 0. The van der Waals surface area contributed by atoms with Crippen molar-refractivity contribution < 1.29 is 15.0 Å². The van der Waals surface area contributed by atoms with Crippen molar-refractivity contribution in [2.75, 3.05) is 11.5 Å². The van der Waals surface area contributed by atoms with Gasteiger partial charge in [-0.15, -0.1) is 24.8 Å². The summed E-state index contributed by atoms with van der Waals surface area (Å²) < 4.78 is 0. The Hall–Kier alpha value is -1.85. The quantitative estimate of drug-likeness (QED) is 0.602. The Kier molecular flexibility index (Phi) is 5.08. The highest BCUT2D eigenvalue weighted by molar-refractivity contribution is 6.05. The molecule has 0 aliphatic heterocycles. The zero-order valence-corrected chi connectivity index (χ0v) is 10.7. The first-order valence-electron chi connectivity index (χ1n) is 4.54. The molecule has 18 heavy (non-hydrogen) atoms. The highest BCUT2D eigenvalue weighted by Gasteiger charge is 2.11. The fourth-order valence-electron chi connectivity index (χ4n) is 1.61. The van der Waals surface area contributed by atoms with Crippen molar-refractivity contribution in [2.45, 2.75) is 0 Å². The number of benzene rings is 2. The van der Waals surface area contributed by atoms with Crippen molar-refractivity contribution in [1.29, 1.82) is 0 Å². The summed E-state index contributed by atoms with van der Waals surface area (Å²) in [5.74, 6) is -1.28. The number of nitrogens with two attached hydrogens (primary N) is 2. The highest BCUT2D eigenvalue weighted by Crippen LogP contribution is 2.34. The Morgan fingerprint density at radius 3 is 2.28 bits per heavy atom. The van der Waals surface area contributed by atoms with Gasteiger partial charge in [0.25, 0.3) is 0 Å². The number of phenolic OH excluding ortho intramolecular Hbond substituents is 1. The Labute approximate surface area is 115 Å². The number of fused-ring (bicyclic) bond motifs is 1. The number of aromatic hydroxyl groups is 1. The van der Waals surface area contributed by atoms with Crippen LogP contribution in [0, 0.1) is 0 Å². The average molecular weight is 291 g/mol. The Morgan fingerprint density at radius 1 is 1.11 bits per heavy atom. The first-order chi connectivity index (χ1) is 7.50. The summed E-state index contributed by atoms with van der Waals surface area (Å²) >= 11 is 0. The molecule has 98 valence electrons. The molecule has 0 atom stereocenters. The molecule has 0 unspecified atom stereocenters. The third-order valence-electron chi connectivity index (χ3n) is 2.42. The number of phenols is 1. The van der Waals surface area contributed by atoms with Crippen LogP contribution in [-0.2, 0) is 0 Å². The molecule has 5 nitrogen and oxygen atoms in total. The Balaban J connectivity index is 0.00000144. The van der Waals surface area contributed by atoms with Crippen LogP contribution < -0.4 is 11.5 Å². The molecular weight excluding hydrogens is 279 g/mol. The maximum atomic E-state index is 10.8. The summed E-state index contributed by atoms with van der Waals surface area (Å²) in [5.41, 5.74) is 11.9. The second-order valence-corrected chi connectivity index (χ2v) is 3.47. The smallest absolute Gasteiger partial charge is 0.335 e. The summed E-state index contributed by atoms with van der Waals surface area (Å²) in [6.07, 6.45) is 0. The van der Waals surface area contributed by atoms with E-state index in [1.165, 1.54) is 6.07 Å². The molecule has 7 heteroatoms. The van der Waals surface area contributed by atoms with Gasteiger partial charge in [0.05, 0.1) is 16.9 Å². The molecule has 2 rings (SSSR count). The topological polar surface area (TPSA) is 110 Å². The number of carbonyl (C=O) groups is 1. The third-order valence-corrected chi connectivity index (χ3v) is 2.42. The molecule has 0 aliphatic carbocycles. The van der Waals surface area contributed by atoms with Crippen molar-refractivity contribution in [3.05, 3.63) is 29.8 Å². The van der Waals surface area contributed by atoms with Gasteiger partial charge in [-0.05, 0) is 23.6 Å². The number of hydrogen-bond acceptors (Lipinski definition) is 4. The monoisotopic (exact) mass is 290 g/mol. The first-order valence-corrected chi connectivity index (χ1v) is 4.54. The van der Waals surface area contributed by atoms with Crippen LogP contribution in [0.15, 0.2) is 24.3 Å². The molecule has 0 heterocycles. The van der Waals surface area contributed by atoms with Gasteiger partial charge in [-0.2, -0.15) is 0 Å². The Morgan fingerprint density at radius 2 is 1.72 bits per heavy atom. The van der Waals surface area contributed by atoms with E-state index in [0.29, 0.717) is 16.5 Å². The highest BCUT2D eigenvalue weighted by atomic mass is 35.5. The van der Waals surface area contributed by atoms with E-state index in [2.05, 4.69) is 0 Å². The molecule has 0 aliphatic rings. The lowest BCUT2D eigenvalue weighted by Gasteiger charge is -2.08.